The van der Waals surface area contributed by atoms with Gasteiger partial charge in [-0.05, 0) is 30.0 Å². The number of fused-ring (bicyclic) bond motifs is 1. The van der Waals surface area contributed by atoms with Crippen LogP contribution in [-0.4, -0.2) is 18.7 Å². The molecule has 1 aliphatic heterocycles. The van der Waals surface area contributed by atoms with Crippen LogP contribution in [0.25, 0.3) is 0 Å². The van der Waals surface area contributed by atoms with Crippen LogP contribution < -0.4 is 14.8 Å². The molecule has 0 spiro atoms. The van der Waals surface area contributed by atoms with Crippen molar-refractivity contribution in [3.8, 4) is 11.5 Å². The first-order chi connectivity index (χ1) is 13.1. The second kappa shape index (κ2) is 7.31. The standard InChI is InChI=1S/C21H21NO5/c1-13-9-16(13)21(24)27-19(15-5-3-2-4-6-15)20(23)22-11-14-7-8-17-18(10-14)26-12-25-17/h2-8,10,13,16,19H,9,11-12H2,1H3,(H,22,23)/t13-,16+,19-/m1/s1. The molecule has 27 heavy (non-hydrogen) atoms. The fraction of sp³-hybridized carbons (Fsp3) is 0.333. The molecule has 3 atom stereocenters. The van der Waals surface area contributed by atoms with E-state index in [1.807, 2.05) is 43.3 Å². The van der Waals surface area contributed by atoms with Gasteiger partial charge in [0.1, 0.15) is 0 Å². The average Bonchev–Trinajstić information content (AvgIpc) is 3.24. The number of carbonyl (C=O) groups excluding carboxylic acids is 2. The largest absolute Gasteiger partial charge is 0.454 e. The highest BCUT2D eigenvalue weighted by atomic mass is 16.7. The zero-order valence-corrected chi connectivity index (χ0v) is 15.0. The molecular weight excluding hydrogens is 346 g/mol. The van der Waals surface area contributed by atoms with Gasteiger partial charge in [-0.1, -0.05) is 43.3 Å². The molecule has 0 aromatic heterocycles. The van der Waals surface area contributed by atoms with Gasteiger partial charge in [0, 0.05) is 12.1 Å². The number of benzene rings is 2. The molecule has 1 amide bonds. The fourth-order valence-corrected chi connectivity index (χ4v) is 3.09. The van der Waals surface area contributed by atoms with Crippen LogP contribution in [-0.2, 0) is 20.9 Å². The number of amides is 1. The number of nitrogens with one attached hydrogen (secondary N) is 1. The van der Waals surface area contributed by atoms with Crippen molar-refractivity contribution in [1.82, 2.24) is 5.32 Å². The van der Waals surface area contributed by atoms with Crippen molar-refractivity contribution in [2.45, 2.75) is 26.0 Å². The molecule has 1 aliphatic carbocycles. The smallest absolute Gasteiger partial charge is 0.310 e. The zero-order valence-electron chi connectivity index (χ0n) is 15.0. The molecule has 140 valence electrons. The lowest BCUT2D eigenvalue weighted by Crippen LogP contribution is -2.32. The van der Waals surface area contributed by atoms with Crippen LogP contribution >= 0.6 is 0 Å². The Labute approximate surface area is 157 Å². The van der Waals surface area contributed by atoms with Crippen molar-refractivity contribution >= 4 is 11.9 Å². The van der Waals surface area contributed by atoms with E-state index in [1.165, 1.54) is 0 Å². The Balaban J connectivity index is 1.44. The summed E-state index contributed by atoms with van der Waals surface area (Å²) in [5.74, 6) is 0.925. The van der Waals surface area contributed by atoms with Crippen LogP contribution in [0, 0.1) is 11.8 Å². The van der Waals surface area contributed by atoms with Gasteiger partial charge in [-0.2, -0.15) is 0 Å². The van der Waals surface area contributed by atoms with E-state index in [0.717, 1.165) is 12.0 Å². The van der Waals surface area contributed by atoms with Crippen LogP contribution in [0.3, 0.4) is 0 Å². The summed E-state index contributed by atoms with van der Waals surface area (Å²) in [6, 6.07) is 14.6. The van der Waals surface area contributed by atoms with E-state index in [0.29, 0.717) is 29.5 Å². The molecule has 2 aromatic rings. The Kier molecular flexibility index (Phi) is 4.71. The summed E-state index contributed by atoms with van der Waals surface area (Å²) in [7, 11) is 0. The predicted octanol–water partition coefficient (Wildman–Crippen LogP) is 2.97. The Bertz CT molecular complexity index is 851. The highest BCUT2D eigenvalue weighted by Crippen LogP contribution is 2.39. The number of hydrogen-bond donors (Lipinski definition) is 1. The molecule has 0 bridgehead atoms. The number of rotatable bonds is 6. The number of carbonyl (C=O) groups is 2. The third-order valence-corrected chi connectivity index (χ3v) is 4.89. The van der Waals surface area contributed by atoms with E-state index in [4.69, 9.17) is 14.2 Å². The first-order valence-electron chi connectivity index (χ1n) is 9.03. The summed E-state index contributed by atoms with van der Waals surface area (Å²) < 4.78 is 16.2. The van der Waals surface area contributed by atoms with Gasteiger partial charge >= 0.3 is 5.97 Å². The molecule has 0 radical (unpaired) electrons. The lowest BCUT2D eigenvalue weighted by atomic mass is 10.1. The molecule has 1 heterocycles. The quantitative estimate of drug-likeness (QED) is 0.795. The molecule has 0 unspecified atom stereocenters. The Morgan fingerprint density at radius 1 is 1.15 bits per heavy atom. The van der Waals surface area contributed by atoms with Gasteiger partial charge in [0.15, 0.2) is 11.5 Å². The van der Waals surface area contributed by atoms with Gasteiger partial charge in [0.25, 0.3) is 5.91 Å². The molecule has 6 nitrogen and oxygen atoms in total. The SMILES string of the molecule is C[C@@H]1C[C@@H]1C(=O)O[C@@H](C(=O)NCc1ccc2c(c1)OCO2)c1ccccc1. The predicted molar refractivity (Wildman–Crippen MR) is 97.0 cm³/mol. The van der Waals surface area contributed by atoms with Crippen LogP contribution in [0.15, 0.2) is 48.5 Å². The van der Waals surface area contributed by atoms with Crippen LogP contribution in [0.1, 0.15) is 30.6 Å². The molecule has 2 aliphatic rings. The Morgan fingerprint density at radius 3 is 2.63 bits per heavy atom. The molecule has 2 aromatic carbocycles. The second-order valence-electron chi connectivity index (χ2n) is 6.95. The molecular formula is C21H21NO5. The number of ether oxygens (including phenoxy) is 3. The van der Waals surface area contributed by atoms with Gasteiger partial charge in [0.2, 0.25) is 12.9 Å². The van der Waals surface area contributed by atoms with E-state index in [9.17, 15) is 9.59 Å². The summed E-state index contributed by atoms with van der Waals surface area (Å²) in [6.07, 6.45) is -0.139. The van der Waals surface area contributed by atoms with Gasteiger partial charge in [0.05, 0.1) is 5.92 Å². The molecule has 1 saturated carbocycles. The summed E-state index contributed by atoms with van der Waals surface area (Å²) in [5.41, 5.74) is 1.53. The average molecular weight is 367 g/mol. The van der Waals surface area contributed by atoms with Gasteiger partial charge in [-0.3, -0.25) is 9.59 Å². The van der Waals surface area contributed by atoms with Gasteiger partial charge in [-0.25, -0.2) is 0 Å². The maximum absolute atomic E-state index is 12.8. The van der Waals surface area contributed by atoms with Gasteiger partial charge in [-0.15, -0.1) is 0 Å². The minimum Gasteiger partial charge on any atom is -0.454 e. The zero-order chi connectivity index (χ0) is 18.8. The second-order valence-corrected chi connectivity index (χ2v) is 6.95. The summed E-state index contributed by atoms with van der Waals surface area (Å²) >= 11 is 0. The minimum atomic E-state index is -0.958. The topological polar surface area (TPSA) is 73.9 Å². The maximum atomic E-state index is 12.8. The minimum absolute atomic E-state index is 0.0992. The molecule has 4 rings (SSSR count). The molecule has 1 fully saturated rings. The molecule has 6 heteroatoms. The summed E-state index contributed by atoms with van der Waals surface area (Å²) in [6.45, 7) is 2.51. The van der Waals surface area contributed by atoms with E-state index < -0.39 is 6.10 Å². The first kappa shape index (κ1) is 17.4. The van der Waals surface area contributed by atoms with E-state index >= 15 is 0 Å². The Hall–Kier alpha value is -3.02. The number of hydrogen-bond acceptors (Lipinski definition) is 5. The van der Waals surface area contributed by atoms with Gasteiger partial charge < -0.3 is 19.5 Å². The molecule has 0 saturated heterocycles. The highest BCUT2D eigenvalue weighted by molar-refractivity contribution is 5.86. The normalized spacial score (nSPS) is 20.6. The van der Waals surface area contributed by atoms with Crippen LogP contribution in [0.5, 0.6) is 11.5 Å². The van der Waals surface area contributed by atoms with Crippen molar-refractivity contribution in [2.75, 3.05) is 6.79 Å². The maximum Gasteiger partial charge on any atom is 0.310 e. The third kappa shape index (κ3) is 3.89. The third-order valence-electron chi connectivity index (χ3n) is 4.89. The van der Waals surface area contributed by atoms with Crippen molar-refractivity contribution in [2.24, 2.45) is 11.8 Å². The monoisotopic (exact) mass is 367 g/mol. The van der Waals surface area contributed by atoms with E-state index in [2.05, 4.69) is 5.32 Å². The van der Waals surface area contributed by atoms with Crippen molar-refractivity contribution in [3.05, 3.63) is 59.7 Å². The lowest BCUT2D eigenvalue weighted by Gasteiger charge is -2.18. The van der Waals surface area contributed by atoms with E-state index in [-0.39, 0.29) is 24.6 Å². The van der Waals surface area contributed by atoms with E-state index in [1.54, 1.807) is 12.1 Å². The van der Waals surface area contributed by atoms with Crippen molar-refractivity contribution < 1.29 is 23.8 Å². The van der Waals surface area contributed by atoms with Crippen LogP contribution in [0.2, 0.25) is 0 Å². The van der Waals surface area contributed by atoms with Crippen molar-refractivity contribution in [3.63, 3.8) is 0 Å². The first-order valence-corrected chi connectivity index (χ1v) is 9.03. The fourth-order valence-electron chi connectivity index (χ4n) is 3.09. The summed E-state index contributed by atoms with van der Waals surface area (Å²) in [4.78, 5) is 25.0. The molecule has 1 N–H and O–H groups in total. The van der Waals surface area contributed by atoms with Crippen LogP contribution in [0.4, 0.5) is 0 Å². The summed E-state index contributed by atoms with van der Waals surface area (Å²) in [5, 5.41) is 2.85. The number of esters is 1. The highest BCUT2D eigenvalue weighted by Gasteiger charge is 2.42. The van der Waals surface area contributed by atoms with Crippen molar-refractivity contribution in [1.29, 1.82) is 0 Å². The lowest BCUT2D eigenvalue weighted by molar-refractivity contribution is -0.158. The Morgan fingerprint density at radius 2 is 1.89 bits per heavy atom.